The van der Waals surface area contributed by atoms with E-state index in [4.69, 9.17) is 5.11 Å². The van der Waals surface area contributed by atoms with Crippen LogP contribution in [0.2, 0.25) is 0 Å². The molecule has 0 aliphatic rings. The number of nitrogens with zero attached hydrogens (tertiary/aromatic N) is 2. The van der Waals surface area contributed by atoms with Crippen molar-refractivity contribution >= 4 is 40.4 Å². The Labute approximate surface area is 119 Å². The zero-order chi connectivity index (χ0) is 13.9. The third kappa shape index (κ3) is 2.57. The van der Waals surface area contributed by atoms with E-state index in [9.17, 15) is 4.79 Å². The number of pyridine rings is 1. The number of aromatic nitrogens is 2. The minimum absolute atomic E-state index is 0.0705. The van der Waals surface area contributed by atoms with E-state index in [1.165, 1.54) is 16.7 Å². The fourth-order valence-electron chi connectivity index (χ4n) is 1.79. The van der Waals surface area contributed by atoms with E-state index >= 15 is 0 Å². The Balaban J connectivity index is 1.87. The molecule has 0 unspecified atom stereocenters. The smallest absolute Gasteiger partial charge is 0.355 e. The average Bonchev–Trinajstić information content (AvgIpc) is 2.94. The summed E-state index contributed by atoms with van der Waals surface area (Å²) in [6, 6.07) is 11.8. The van der Waals surface area contributed by atoms with Gasteiger partial charge in [-0.1, -0.05) is 24.3 Å². The van der Waals surface area contributed by atoms with Crippen molar-refractivity contribution in [1.82, 2.24) is 9.97 Å². The maximum atomic E-state index is 10.7. The lowest BCUT2D eigenvalue weighted by atomic mass is 10.2. The quantitative estimate of drug-likeness (QED) is 0.797. The predicted molar refractivity (Wildman–Crippen MR) is 79.7 cm³/mol. The van der Waals surface area contributed by atoms with Crippen LogP contribution in [0.25, 0.3) is 23.1 Å². The van der Waals surface area contributed by atoms with Gasteiger partial charge in [-0.3, -0.25) is 0 Å². The largest absolute Gasteiger partial charge is 0.476 e. The molecule has 98 valence electrons. The monoisotopic (exact) mass is 282 g/mol. The van der Waals surface area contributed by atoms with Gasteiger partial charge < -0.3 is 5.11 Å². The van der Waals surface area contributed by atoms with Gasteiger partial charge in [-0.15, -0.1) is 11.3 Å². The zero-order valence-electron chi connectivity index (χ0n) is 10.4. The average molecular weight is 282 g/mol. The number of rotatable bonds is 3. The van der Waals surface area contributed by atoms with Gasteiger partial charge in [0, 0.05) is 10.8 Å². The minimum Gasteiger partial charge on any atom is -0.476 e. The van der Waals surface area contributed by atoms with E-state index in [1.807, 2.05) is 42.5 Å². The number of fused-ring (bicyclic) bond motifs is 1. The Morgan fingerprint density at radius 1 is 1.10 bits per heavy atom. The van der Waals surface area contributed by atoms with Gasteiger partial charge in [0.1, 0.15) is 5.01 Å². The van der Waals surface area contributed by atoms with E-state index in [1.54, 1.807) is 6.08 Å². The van der Waals surface area contributed by atoms with E-state index in [0.29, 0.717) is 5.01 Å². The lowest BCUT2D eigenvalue weighted by molar-refractivity contribution is 0.0691. The minimum atomic E-state index is -1.01. The van der Waals surface area contributed by atoms with Gasteiger partial charge in [0.2, 0.25) is 0 Å². The Kier molecular flexibility index (Phi) is 3.26. The molecule has 5 heteroatoms. The first kappa shape index (κ1) is 12.5. The highest BCUT2D eigenvalue weighted by molar-refractivity contribution is 7.10. The molecule has 3 rings (SSSR count). The lowest BCUT2D eigenvalue weighted by Gasteiger charge is -1.97. The second kappa shape index (κ2) is 5.22. The molecule has 2 heterocycles. The van der Waals surface area contributed by atoms with Gasteiger partial charge in [-0.2, -0.15) is 0 Å². The maximum absolute atomic E-state index is 10.7. The Morgan fingerprint density at radius 2 is 1.95 bits per heavy atom. The molecule has 0 atom stereocenters. The number of carboxylic acid groups (broad SMARTS) is 1. The molecular formula is C15H10N2O2S. The van der Waals surface area contributed by atoms with Crippen molar-refractivity contribution < 1.29 is 9.90 Å². The molecule has 0 aliphatic carbocycles. The van der Waals surface area contributed by atoms with Crippen LogP contribution in [-0.2, 0) is 0 Å². The first-order chi connectivity index (χ1) is 9.72. The maximum Gasteiger partial charge on any atom is 0.355 e. The molecule has 0 saturated heterocycles. The highest BCUT2D eigenvalue weighted by Crippen LogP contribution is 2.15. The summed E-state index contributed by atoms with van der Waals surface area (Å²) in [5.41, 5.74) is 1.82. The molecule has 0 fully saturated rings. The standard InChI is InChI=1S/C15H10N2O2S/c18-15(19)13-9-20-14(17-13)8-7-11-6-5-10-3-1-2-4-12(10)16-11/h1-9H,(H,18,19). The summed E-state index contributed by atoms with van der Waals surface area (Å²) in [6.45, 7) is 0. The molecule has 4 nitrogen and oxygen atoms in total. The Bertz CT molecular complexity index is 808. The fraction of sp³-hybridized carbons (Fsp3) is 0. The summed E-state index contributed by atoms with van der Waals surface area (Å²) >= 11 is 1.29. The summed E-state index contributed by atoms with van der Waals surface area (Å²) in [5.74, 6) is -1.01. The summed E-state index contributed by atoms with van der Waals surface area (Å²) in [6.07, 6.45) is 3.60. The molecule has 0 spiro atoms. The van der Waals surface area contributed by atoms with Gasteiger partial charge in [-0.05, 0) is 24.3 Å². The summed E-state index contributed by atoms with van der Waals surface area (Å²) in [4.78, 5) is 19.2. The number of para-hydroxylation sites is 1. The first-order valence-corrected chi connectivity index (χ1v) is 6.83. The number of hydrogen-bond donors (Lipinski definition) is 1. The van der Waals surface area contributed by atoms with Crippen LogP contribution in [0.5, 0.6) is 0 Å². The van der Waals surface area contributed by atoms with Crippen molar-refractivity contribution in [2.45, 2.75) is 0 Å². The van der Waals surface area contributed by atoms with Crippen molar-refractivity contribution in [1.29, 1.82) is 0 Å². The van der Waals surface area contributed by atoms with Crippen molar-refractivity contribution in [3.05, 3.63) is 58.2 Å². The van der Waals surface area contributed by atoms with Crippen LogP contribution in [0.4, 0.5) is 0 Å². The number of aromatic carboxylic acids is 1. The van der Waals surface area contributed by atoms with Crippen molar-refractivity contribution in [3.63, 3.8) is 0 Å². The number of benzene rings is 1. The number of thiazole rings is 1. The topological polar surface area (TPSA) is 63.1 Å². The van der Waals surface area contributed by atoms with Crippen molar-refractivity contribution in [3.8, 4) is 0 Å². The second-order valence-corrected chi connectivity index (χ2v) is 5.03. The molecule has 0 aliphatic heterocycles. The van der Waals surface area contributed by atoms with Crippen LogP contribution in [0, 0.1) is 0 Å². The van der Waals surface area contributed by atoms with Crippen LogP contribution in [-0.4, -0.2) is 21.0 Å². The summed E-state index contributed by atoms with van der Waals surface area (Å²) in [7, 11) is 0. The van der Waals surface area contributed by atoms with Gasteiger partial charge >= 0.3 is 5.97 Å². The molecule has 0 bridgehead atoms. The van der Waals surface area contributed by atoms with Gasteiger partial charge in [-0.25, -0.2) is 14.8 Å². The van der Waals surface area contributed by atoms with Crippen LogP contribution in [0.1, 0.15) is 21.2 Å². The Morgan fingerprint density at radius 3 is 2.75 bits per heavy atom. The molecule has 3 aromatic rings. The van der Waals surface area contributed by atoms with Crippen LogP contribution in [0.3, 0.4) is 0 Å². The van der Waals surface area contributed by atoms with Crippen LogP contribution >= 0.6 is 11.3 Å². The summed E-state index contributed by atoms with van der Waals surface area (Å²) < 4.78 is 0. The van der Waals surface area contributed by atoms with Crippen LogP contribution in [0.15, 0.2) is 41.8 Å². The SMILES string of the molecule is O=C(O)c1csc(C=Cc2ccc3ccccc3n2)n1. The van der Waals surface area contributed by atoms with E-state index < -0.39 is 5.97 Å². The highest BCUT2D eigenvalue weighted by Gasteiger charge is 2.06. The van der Waals surface area contributed by atoms with Gasteiger partial charge in [0.25, 0.3) is 0 Å². The van der Waals surface area contributed by atoms with Crippen molar-refractivity contribution in [2.24, 2.45) is 0 Å². The second-order valence-electron chi connectivity index (χ2n) is 4.14. The lowest BCUT2D eigenvalue weighted by Crippen LogP contribution is -1.95. The van der Waals surface area contributed by atoms with Crippen molar-refractivity contribution in [2.75, 3.05) is 0 Å². The zero-order valence-corrected chi connectivity index (χ0v) is 11.2. The molecule has 1 N–H and O–H groups in total. The molecule has 0 saturated carbocycles. The summed E-state index contributed by atoms with van der Waals surface area (Å²) in [5, 5.41) is 12.1. The first-order valence-electron chi connectivity index (χ1n) is 5.95. The molecule has 20 heavy (non-hydrogen) atoms. The highest BCUT2D eigenvalue weighted by atomic mass is 32.1. The molecule has 1 aromatic carbocycles. The number of carbonyl (C=O) groups is 1. The van der Waals surface area contributed by atoms with E-state index in [2.05, 4.69) is 9.97 Å². The molecule has 0 radical (unpaired) electrons. The Hall–Kier alpha value is -2.53. The molecular weight excluding hydrogens is 272 g/mol. The fourth-order valence-corrected chi connectivity index (χ4v) is 2.48. The predicted octanol–water partition coefficient (Wildman–Crippen LogP) is 3.56. The third-order valence-electron chi connectivity index (χ3n) is 2.76. The number of carboxylic acids is 1. The van der Waals surface area contributed by atoms with Crippen LogP contribution < -0.4 is 0 Å². The van der Waals surface area contributed by atoms with Gasteiger partial charge in [0.15, 0.2) is 5.69 Å². The number of hydrogen-bond acceptors (Lipinski definition) is 4. The normalized spacial score (nSPS) is 11.2. The molecule has 0 amide bonds. The van der Waals surface area contributed by atoms with E-state index in [0.717, 1.165) is 16.6 Å². The van der Waals surface area contributed by atoms with E-state index in [-0.39, 0.29) is 5.69 Å². The third-order valence-corrected chi connectivity index (χ3v) is 3.57. The molecule has 2 aromatic heterocycles. The van der Waals surface area contributed by atoms with Gasteiger partial charge in [0.05, 0.1) is 11.2 Å².